The number of hydrogen-bond acceptors (Lipinski definition) is 4. The molecule has 0 spiro atoms. The molecule has 1 aromatic carbocycles. The van der Waals surface area contributed by atoms with E-state index in [0.717, 1.165) is 17.8 Å². The molecule has 0 saturated carbocycles. The Morgan fingerprint density at radius 1 is 1.15 bits per heavy atom. The van der Waals surface area contributed by atoms with Gasteiger partial charge in [0.25, 0.3) is 0 Å². The molecule has 0 aliphatic carbocycles. The van der Waals surface area contributed by atoms with Crippen LogP contribution in [0.15, 0.2) is 48.9 Å². The van der Waals surface area contributed by atoms with Crippen molar-refractivity contribution in [1.82, 2.24) is 24.8 Å². The van der Waals surface area contributed by atoms with Gasteiger partial charge in [-0.1, -0.05) is 17.3 Å². The highest BCUT2D eigenvalue weighted by atomic mass is 15.4. The Kier molecular flexibility index (Phi) is 3.56. The van der Waals surface area contributed by atoms with E-state index in [1.54, 1.807) is 6.20 Å². The molecule has 0 radical (unpaired) electrons. The first-order valence-corrected chi connectivity index (χ1v) is 6.53. The van der Waals surface area contributed by atoms with Crippen LogP contribution in [0.1, 0.15) is 11.3 Å². The Labute approximate surface area is 116 Å². The molecule has 6 heteroatoms. The molecule has 20 heavy (non-hydrogen) atoms. The van der Waals surface area contributed by atoms with Crippen molar-refractivity contribution in [3.63, 3.8) is 0 Å². The van der Waals surface area contributed by atoms with Gasteiger partial charge in [0.15, 0.2) is 0 Å². The van der Waals surface area contributed by atoms with Crippen LogP contribution in [0.3, 0.4) is 0 Å². The molecule has 0 aliphatic rings. The number of benzene rings is 1. The zero-order valence-corrected chi connectivity index (χ0v) is 11.1. The quantitative estimate of drug-likeness (QED) is 0.749. The van der Waals surface area contributed by atoms with E-state index in [0.29, 0.717) is 13.1 Å². The zero-order chi connectivity index (χ0) is 13.8. The maximum Gasteiger partial charge on any atom is 0.0839 e. The maximum absolute atomic E-state index is 5.50. The van der Waals surface area contributed by atoms with Gasteiger partial charge in [-0.25, -0.2) is 9.36 Å². The molecule has 0 bridgehead atoms. The van der Waals surface area contributed by atoms with Crippen LogP contribution in [-0.4, -0.2) is 31.3 Å². The highest BCUT2D eigenvalue weighted by Crippen LogP contribution is 2.09. The molecule has 3 rings (SSSR count). The van der Waals surface area contributed by atoms with Crippen LogP contribution in [0.5, 0.6) is 0 Å². The first-order chi connectivity index (χ1) is 9.85. The molecule has 0 fully saturated rings. The van der Waals surface area contributed by atoms with E-state index in [4.69, 9.17) is 5.73 Å². The van der Waals surface area contributed by atoms with Gasteiger partial charge in [-0.3, -0.25) is 0 Å². The number of rotatable bonds is 5. The third-order valence-corrected chi connectivity index (χ3v) is 3.04. The van der Waals surface area contributed by atoms with Gasteiger partial charge in [-0.15, -0.1) is 5.10 Å². The minimum absolute atomic E-state index is 0.595. The summed E-state index contributed by atoms with van der Waals surface area (Å²) in [5.74, 6) is 0. The zero-order valence-electron chi connectivity index (χ0n) is 11.1. The predicted octanol–water partition coefficient (Wildman–Crippen LogP) is 1.01. The van der Waals surface area contributed by atoms with Crippen molar-refractivity contribution in [1.29, 1.82) is 0 Å². The van der Waals surface area contributed by atoms with E-state index in [1.807, 2.05) is 40.0 Å². The van der Waals surface area contributed by atoms with Crippen molar-refractivity contribution in [2.75, 3.05) is 6.54 Å². The molecule has 0 amide bonds. The molecular formula is C14H16N6. The summed E-state index contributed by atoms with van der Waals surface area (Å²) >= 11 is 0. The normalized spacial score (nSPS) is 10.8. The molecule has 2 N–H and O–H groups in total. The van der Waals surface area contributed by atoms with Gasteiger partial charge in [0.05, 0.1) is 17.9 Å². The summed E-state index contributed by atoms with van der Waals surface area (Å²) in [7, 11) is 0. The molecule has 0 saturated heterocycles. The summed E-state index contributed by atoms with van der Waals surface area (Å²) in [6.07, 6.45) is 6.39. The SMILES string of the molecule is NCCc1cn(Cc2ccc(-n3cccn3)cc2)nn1. The average Bonchev–Trinajstić information content (AvgIpc) is 3.12. The van der Waals surface area contributed by atoms with Gasteiger partial charge in [0.1, 0.15) is 0 Å². The van der Waals surface area contributed by atoms with Crippen LogP contribution in [-0.2, 0) is 13.0 Å². The van der Waals surface area contributed by atoms with Crippen LogP contribution >= 0.6 is 0 Å². The van der Waals surface area contributed by atoms with Crippen molar-refractivity contribution in [2.24, 2.45) is 5.73 Å². The Balaban J connectivity index is 1.71. The van der Waals surface area contributed by atoms with Gasteiger partial charge in [0.2, 0.25) is 0 Å². The lowest BCUT2D eigenvalue weighted by atomic mass is 10.2. The highest BCUT2D eigenvalue weighted by molar-refractivity contribution is 5.33. The van der Waals surface area contributed by atoms with Gasteiger partial charge in [0, 0.05) is 25.0 Å². The standard InChI is InChI=1S/C14H16N6/c15-7-6-13-11-19(18-17-13)10-12-2-4-14(5-3-12)20-9-1-8-16-20/h1-5,8-9,11H,6-7,10,15H2. The van der Waals surface area contributed by atoms with Gasteiger partial charge >= 0.3 is 0 Å². The molecule has 0 unspecified atom stereocenters. The van der Waals surface area contributed by atoms with Gasteiger partial charge < -0.3 is 5.73 Å². The Morgan fingerprint density at radius 2 is 2.00 bits per heavy atom. The Bertz CT molecular complexity index is 653. The number of nitrogens with zero attached hydrogens (tertiary/aromatic N) is 5. The summed E-state index contributed by atoms with van der Waals surface area (Å²) in [6, 6.07) is 10.1. The fourth-order valence-electron chi connectivity index (χ4n) is 2.04. The number of nitrogens with two attached hydrogens (primary N) is 1. The minimum atomic E-state index is 0.595. The summed E-state index contributed by atoms with van der Waals surface area (Å²) in [5, 5.41) is 12.4. The highest BCUT2D eigenvalue weighted by Gasteiger charge is 2.02. The van der Waals surface area contributed by atoms with Crippen LogP contribution in [0, 0.1) is 0 Å². The lowest BCUT2D eigenvalue weighted by Crippen LogP contribution is -2.03. The van der Waals surface area contributed by atoms with E-state index < -0.39 is 0 Å². The molecule has 0 atom stereocenters. The maximum atomic E-state index is 5.50. The molecule has 2 aromatic heterocycles. The second kappa shape index (κ2) is 5.66. The van der Waals surface area contributed by atoms with Crippen molar-refractivity contribution in [3.05, 3.63) is 60.2 Å². The minimum Gasteiger partial charge on any atom is -0.330 e. The summed E-state index contributed by atoms with van der Waals surface area (Å²) < 4.78 is 3.66. The number of aromatic nitrogens is 5. The van der Waals surface area contributed by atoms with Crippen LogP contribution < -0.4 is 5.73 Å². The second-order valence-electron chi connectivity index (χ2n) is 4.56. The van der Waals surface area contributed by atoms with Crippen molar-refractivity contribution >= 4 is 0 Å². The van der Waals surface area contributed by atoms with Crippen molar-refractivity contribution in [3.8, 4) is 5.69 Å². The summed E-state index contributed by atoms with van der Waals surface area (Å²) in [6.45, 7) is 1.30. The molecule has 102 valence electrons. The lowest BCUT2D eigenvalue weighted by Gasteiger charge is -2.04. The van der Waals surface area contributed by atoms with E-state index >= 15 is 0 Å². The molecule has 2 heterocycles. The van der Waals surface area contributed by atoms with E-state index in [-0.39, 0.29) is 0 Å². The molecule has 6 nitrogen and oxygen atoms in total. The topological polar surface area (TPSA) is 74.5 Å². The average molecular weight is 268 g/mol. The van der Waals surface area contributed by atoms with E-state index in [2.05, 4.69) is 27.5 Å². The fourth-order valence-corrected chi connectivity index (χ4v) is 2.04. The number of hydrogen-bond donors (Lipinski definition) is 1. The molecule has 3 aromatic rings. The third kappa shape index (κ3) is 2.75. The summed E-state index contributed by atoms with van der Waals surface area (Å²) in [4.78, 5) is 0. The fraction of sp³-hybridized carbons (Fsp3) is 0.214. The Morgan fingerprint density at radius 3 is 2.70 bits per heavy atom. The Hall–Kier alpha value is -2.47. The summed E-state index contributed by atoms with van der Waals surface area (Å²) in [5.41, 5.74) is 8.65. The van der Waals surface area contributed by atoms with E-state index in [1.165, 1.54) is 5.56 Å². The molecule has 0 aliphatic heterocycles. The first kappa shape index (κ1) is 12.6. The van der Waals surface area contributed by atoms with Crippen molar-refractivity contribution < 1.29 is 0 Å². The van der Waals surface area contributed by atoms with Crippen LogP contribution in [0.4, 0.5) is 0 Å². The molecular weight excluding hydrogens is 252 g/mol. The van der Waals surface area contributed by atoms with Crippen LogP contribution in [0.25, 0.3) is 5.69 Å². The predicted molar refractivity (Wildman–Crippen MR) is 75.4 cm³/mol. The smallest absolute Gasteiger partial charge is 0.0839 e. The van der Waals surface area contributed by atoms with Crippen LogP contribution in [0.2, 0.25) is 0 Å². The lowest BCUT2D eigenvalue weighted by molar-refractivity contribution is 0.649. The van der Waals surface area contributed by atoms with Gasteiger partial charge in [-0.05, 0) is 30.3 Å². The second-order valence-corrected chi connectivity index (χ2v) is 4.56. The third-order valence-electron chi connectivity index (χ3n) is 3.04. The van der Waals surface area contributed by atoms with Crippen molar-refractivity contribution in [2.45, 2.75) is 13.0 Å². The largest absolute Gasteiger partial charge is 0.330 e. The first-order valence-electron chi connectivity index (χ1n) is 6.53. The monoisotopic (exact) mass is 268 g/mol. The van der Waals surface area contributed by atoms with E-state index in [9.17, 15) is 0 Å². The van der Waals surface area contributed by atoms with Gasteiger partial charge in [-0.2, -0.15) is 5.10 Å².